The van der Waals surface area contributed by atoms with Crippen molar-refractivity contribution in [2.24, 2.45) is 0 Å². The summed E-state index contributed by atoms with van der Waals surface area (Å²) in [6.07, 6.45) is 3.33. The summed E-state index contributed by atoms with van der Waals surface area (Å²) in [6.45, 7) is 9.30. The maximum absolute atomic E-state index is 13.2. The molecule has 0 spiro atoms. The molecule has 0 aliphatic carbocycles. The summed E-state index contributed by atoms with van der Waals surface area (Å²) >= 11 is 0. The molecule has 0 aliphatic rings. The maximum Gasteiger partial charge on any atom is 0.257 e. The van der Waals surface area contributed by atoms with Crippen molar-refractivity contribution in [1.82, 2.24) is 14.7 Å². The van der Waals surface area contributed by atoms with Crippen LogP contribution in [0.4, 0.5) is 0 Å². The summed E-state index contributed by atoms with van der Waals surface area (Å²) in [6, 6.07) is 7.85. The standard InChI is InChI=1S/C20H29N3O2/c1-5-11-23-16(4)19(12-21-23)20(25)22(18(6-2)14-24)13-17-10-8-7-9-15(17)3/h7-10,12,18,24H,5-6,11,13-14H2,1-4H3/t18-/m0/s1. The lowest BCUT2D eigenvalue weighted by Gasteiger charge is -2.30. The van der Waals surface area contributed by atoms with Crippen LogP contribution in [0.25, 0.3) is 0 Å². The molecule has 0 aliphatic heterocycles. The smallest absolute Gasteiger partial charge is 0.257 e. The van der Waals surface area contributed by atoms with Gasteiger partial charge in [-0.1, -0.05) is 38.1 Å². The molecule has 0 bridgehead atoms. The normalized spacial score (nSPS) is 12.2. The van der Waals surface area contributed by atoms with E-state index < -0.39 is 0 Å². The van der Waals surface area contributed by atoms with E-state index in [1.807, 2.05) is 49.7 Å². The number of nitrogens with zero attached hydrogens (tertiary/aromatic N) is 3. The van der Waals surface area contributed by atoms with E-state index in [1.54, 1.807) is 11.1 Å². The van der Waals surface area contributed by atoms with Gasteiger partial charge in [0.2, 0.25) is 0 Å². The first-order chi connectivity index (χ1) is 12.0. The topological polar surface area (TPSA) is 58.4 Å². The number of aliphatic hydroxyl groups is 1. The van der Waals surface area contributed by atoms with Crippen LogP contribution in [0.15, 0.2) is 30.5 Å². The zero-order valence-corrected chi connectivity index (χ0v) is 15.7. The van der Waals surface area contributed by atoms with Crippen LogP contribution < -0.4 is 0 Å². The first-order valence-corrected chi connectivity index (χ1v) is 9.02. The van der Waals surface area contributed by atoms with Crippen LogP contribution >= 0.6 is 0 Å². The largest absolute Gasteiger partial charge is 0.394 e. The fraction of sp³-hybridized carbons (Fsp3) is 0.500. The van der Waals surface area contributed by atoms with E-state index in [0.717, 1.165) is 29.8 Å². The zero-order valence-electron chi connectivity index (χ0n) is 15.7. The van der Waals surface area contributed by atoms with Crippen LogP contribution in [-0.2, 0) is 13.1 Å². The first-order valence-electron chi connectivity index (χ1n) is 9.02. The number of carbonyl (C=O) groups excluding carboxylic acids is 1. The number of aliphatic hydroxyl groups excluding tert-OH is 1. The number of carbonyl (C=O) groups is 1. The van der Waals surface area contributed by atoms with Crippen molar-refractivity contribution in [3.8, 4) is 0 Å². The molecule has 0 unspecified atom stereocenters. The molecule has 0 saturated carbocycles. The Labute approximate surface area is 150 Å². The molecule has 25 heavy (non-hydrogen) atoms. The Morgan fingerprint density at radius 3 is 2.60 bits per heavy atom. The number of rotatable bonds is 8. The Hall–Kier alpha value is -2.14. The minimum absolute atomic E-state index is 0.0454. The van der Waals surface area contributed by atoms with Crippen LogP contribution in [0, 0.1) is 13.8 Å². The summed E-state index contributed by atoms with van der Waals surface area (Å²) in [4.78, 5) is 15.0. The summed E-state index contributed by atoms with van der Waals surface area (Å²) in [5.74, 6) is -0.0657. The van der Waals surface area contributed by atoms with E-state index in [-0.39, 0.29) is 18.6 Å². The van der Waals surface area contributed by atoms with E-state index in [1.165, 1.54) is 0 Å². The van der Waals surface area contributed by atoms with Crippen molar-refractivity contribution >= 4 is 5.91 Å². The Kier molecular flexibility index (Phi) is 6.76. The monoisotopic (exact) mass is 343 g/mol. The Morgan fingerprint density at radius 1 is 1.28 bits per heavy atom. The van der Waals surface area contributed by atoms with Crippen molar-refractivity contribution in [3.05, 3.63) is 52.8 Å². The molecular weight excluding hydrogens is 314 g/mol. The lowest BCUT2D eigenvalue weighted by atomic mass is 10.1. The van der Waals surface area contributed by atoms with Crippen LogP contribution in [-0.4, -0.2) is 38.3 Å². The minimum Gasteiger partial charge on any atom is -0.394 e. The van der Waals surface area contributed by atoms with Gasteiger partial charge in [0.05, 0.1) is 24.4 Å². The number of aryl methyl sites for hydroxylation is 2. The molecule has 0 fully saturated rings. The predicted molar refractivity (Wildman–Crippen MR) is 99.5 cm³/mol. The van der Waals surface area contributed by atoms with Gasteiger partial charge in [-0.05, 0) is 37.8 Å². The van der Waals surface area contributed by atoms with Gasteiger partial charge in [0.25, 0.3) is 5.91 Å². The third-order valence-corrected chi connectivity index (χ3v) is 4.75. The van der Waals surface area contributed by atoms with Crippen LogP contribution in [0.1, 0.15) is 53.9 Å². The molecule has 1 N–H and O–H groups in total. The molecule has 5 nitrogen and oxygen atoms in total. The Bertz CT molecular complexity index is 705. The van der Waals surface area contributed by atoms with Gasteiger partial charge in [0.1, 0.15) is 0 Å². The maximum atomic E-state index is 13.2. The molecule has 1 aromatic carbocycles. The fourth-order valence-electron chi connectivity index (χ4n) is 3.03. The molecule has 0 radical (unpaired) electrons. The van der Waals surface area contributed by atoms with Gasteiger partial charge in [0.15, 0.2) is 0 Å². The second kappa shape index (κ2) is 8.81. The Morgan fingerprint density at radius 2 is 2.00 bits per heavy atom. The Balaban J connectivity index is 2.35. The van der Waals surface area contributed by atoms with E-state index in [9.17, 15) is 9.90 Å². The molecular formula is C20H29N3O2. The molecule has 136 valence electrons. The van der Waals surface area contributed by atoms with Gasteiger partial charge in [-0.15, -0.1) is 0 Å². The van der Waals surface area contributed by atoms with E-state index in [2.05, 4.69) is 12.0 Å². The number of aromatic nitrogens is 2. The molecule has 1 atom stereocenters. The van der Waals surface area contributed by atoms with Crippen LogP contribution in [0.5, 0.6) is 0 Å². The van der Waals surface area contributed by atoms with Gasteiger partial charge in [-0.3, -0.25) is 9.48 Å². The van der Waals surface area contributed by atoms with Crippen molar-refractivity contribution < 1.29 is 9.90 Å². The molecule has 1 amide bonds. The lowest BCUT2D eigenvalue weighted by Crippen LogP contribution is -2.42. The summed E-state index contributed by atoms with van der Waals surface area (Å²) < 4.78 is 1.87. The van der Waals surface area contributed by atoms with Gasteiger partial charge in [-0.2, -0.15) is 5.10 Å². The van der Waals surface area contributed by atoms with Crippen molar-refractivity contribution in [1.29, 1.82) is 0 Å². The second-order valence-electron chi connectivity index (χ2n) is 6.47. The number of amides is 1. The van der Waals surface area contributed by atoms with Gasteiger partial charge in [0, 0.05) is 18.8 Å². The van der Waals surface area contributed by atoms with Gasteiger partial charge >= 0.3 is 0 Å². The summed E-state index contributed by atoms with van der Waals surface area (Å²) in [7, 11) is 0. The molecule has 1 heterocycles. The fourth-order valence-corrected chi connectivity index (χ4v) is 3.03. The third-order valence-electron chi connectivity index (χ3n) is 4.75. The van der Waals surface area contributed by atoms with Gasteiger partial charge in [-0.25, -0.2) is 0 Å². The van der Waals surface area contributed by atoms with Crippen LogP contribution in [0.2, 0.25) is 0 Å². The third kappa shape index (κ3) is 4.28. The SMILES string of the molecule is CCCn1ncc(C(=O)N(Cc2ccccc2C)[C@@H](CC)CO)c1C. The summed E-state index contributed by atoms with van der Waals surface area (Å²) in [5, 5.41) is 14.1. The predicted octanol–water partition coefficient (Wildman–Crippen LogP) is 3.32. The molecule has 5 heteroatoms. The highest BCUT2D eigenvalue weighted by atomic mass is 16.3. The van der Waals surface area contributed by atoms with E-state index >= 15 is 0 Å². The molecule has 2 rings (SSSR count). The number of hydrogen-bond donors (Lipinski definition) is 1. The lowest BCUT2D eigenvalue weighted by molar-refractivity contribution is 0.0562. The van der Waals surface area contributed by atoms with E-state index in [0.29, 0.717) is 18.5 Å². The van der Waals surface area contributed by atoms with Crippen molar-refractivity contribution in [2.75, 3.05) is 6.61 Å². The van der Waals surface area contributed by atoms with E-state index in [4.69, 9.17) is 0 Å². The highest BCUT2D eigenvalue weighted by molar-refractivity contribution is 5.95. The second-order valence-corrected chi connectivity index (χ2v) is 6.47. The number of benzene rings is 1. The zero-order chi connectivity index (χ0) is 18.4. The van der Waals surface area contributed by atoms with Crippen LogP contribution in [0.3, 0.4) is 0 Å². The average Bonchev–Trinajstić information content (AvgIpc) is 2.97. The molecule has 2 aromatic rings. The highest BCUT2D eigenvalue weighted by Gasteiger charge is 2.26. The van der Waals surface area contributed by atoms with Crippen molar-refractivity contribution in [2.45, 2.75) is 59.7 Å². The average molecular weight is 343 g/mol. The minimum atomic E-state index is -0.207. The van der Waals surface area contributed by atoms with Crippen molar-refractivity contribution in [3.63, 3.8) is 0 Å². The number of hydrogen-bond acceptors (Lipinski definition) is 3. The quantitative estimate of drug-likeness (QED) is 0.800. The molecule has 1 aromatic heterocycles. The first kappa shape index (κ1) is 19.2. The highest BCUT2D eigenvalue weighted by Crippen LogP contribution is 2.19. The molecule has 0 saturated heterocycles. The van der Waals surface area contributed by atoms with Gasteiger partial charge < -0.3 is 10.0 Å². The summed E-state index contributed by atoms with van der Waals surface area (Å²) in [5.41, 5.74) is 3.75.